The number of nitrogens with zero attached hydrogens (tertiary/aromatic N) is 1. The molecule has 1 atom stereocenters. The van der Waals surface area contributed by atoms with Gasteiger partial charge in [-0.25, -0.2) is 13.2 Å². The highest BCUT2D eigenvalue weighted by molar-refractivity contribution is 7.92. The number of rotatable bonds is 11. The van der Waals surface area contributed by atoms with Gasteiger partial charge in [-0.1, -0.05) is 30.3 Å². The number of fused-ring (bicyclic) bond motifs is 1. The van der Waals surface area contributed by atoms with E-state index in [1.165, 1.54) is 12.1 Å². The molecular weight excluding hydrogens is 599 g/mol. The van der Waals surface area contributed by atoms with Gasteiger partial charge in [-0.15, -0.1) is 0 Å². The molecule has 236 valence electrons. The summed E-state index contributed by atoms with van der Waals surface area (Å²) in [5.74, 6) is -2.70. The van der Waals surface area contributed by atoms with Crippen molar-refractivity contribution >= 4 is 38.4 Å². The number of carboxylic acid groups (broad SMARTS) is 1. The zero-order chi connectivity index (χ0) is 32.7. The minimum atomic E-state index is -5.08. The van der Waals surface area contributed by atoms with Gasteiger partial charge in [0.1, 0.15) is 5.84 Å². The summed E-state index contributed by atoms with van der Waals surface area (Å²) < 4.78 is 61.8. The van der Waals surface area contributed by atoms with Crippen LogP contribution in [0.4, 0.5) is 18.9 Å². The van der Waals surface area contributed by atoms with Gasteiger partial charge in [-0.3, -0.25) is 10.1 Å². The molecule has 1 unspecified atom stereocenters. The Morgan fingerprint density at radius 1 is 1.02 bits per heavy atom. The molecule has 7 N–H and O–H groups in total. The predicted octanol–water partition coefficient (Wildman–Crippen LogP) is 4.85. The first kappa shape index (κ1) is 34.1. The summed E-state index contributed by atoms with van der Waals surface area (Å²) in [6.45, 7) is 5.26. The molecule has 14 heteroatoms. The van der Waals surface area contributed by atoms with Crippen molar-refractivity contribution in [1.82, 2.24) is 9.88 Å². The quantitative estimate of drug-likeness (QED) is 0.101. The molecule has 3 aromatic carbocycles. The summed E-state index contributed by atoms with van der Waals surface area (Å²) in [5.41, 5.74) is 8.14. The summed E-state index contributed by atoms with van der Waals surface area (Å²) >= 11 is 0. The van der Waals surface area contributed by atoms with Crippen LogP contribution in [0, 0.1) is 5.41 Å². The van der Waals surface area contributed by atoms with Gasteiger partial charge in [-0.05, 0) is 74.4 Å². The number of hydrogen-bond acceptors (Lipinski definition) is 6. The minimum absolute atomic E-state index is 0.0534. The zero-order valence-corrected chi connectivity index (χ0v) is 24.8. The summed E-state index contributed by atoms with van der Waals surface area (Å²) in [4.78, 5) is 9.08. The van der Waals surface area contributed by atoms with Crippen LogP contribution < -0.4 is 15.8 Å². The lowest BCUT2D eigenvalue weighted by atomic mass is 9.99. The Morgan fingerprint density at radius 2 is 1.68 bits per heavy atom. The highest BCUT2D eigenvalue weighted by Gasteiger charge is 2.38. The van der Waals surface area contributed by atoms with Crippen LogP contribution in [0.5, 0.6) is 0 Å². The van der Waals surface area contributed by atoms with Crippen LogP contribution in [0.1, 0.15) is 37.5 Å². The van der Waals surface area contributed by atoms with Gasteiger partial charge in [-0.2, -0.15) is 13.2 Å². The number of anilines is 1. The Bertz CT molecular complexity index is 1710. The van der Waals surface area contributed by atoms with Gasteiger partial charge < -0.3 is 25.8 Å². The normalized spacial score (nSPS) is 12.7. The molecule has 1 heterocycles. The van der Waals surface area contributed by atoms with Crippen molar-refractivity contribution in [3.05, 3.63) is 96.2 Å². The van der Waals surface area contributed by atoms with E-state index >= 15 is 0 Å². The van der Waals surface area contributed by atoms with Crippen molar-refractivity contribution in [2.75, 3.05) is 11.3 Å². The molecule has 44 heavy (non-hydrogen) atoms. The highest BCUT2D eigenvalue weighted by Crippen LogP contribution is 2.23. The second-order valence-corrected chi connectivity index (χ2v) is 12.3. The molecule has 0 saturated heterocycles. The van der Waals surface area contributed by atoms with Gasteiger partial charge in [0.15, 0.2) is 0 Å². The largest absolute Gasteiger partial charge is 0.490 e. The van der Waals surface area contributed by atoms with E-state index in [1.807, 2.05) is 30.5 Å². The number of β-amino-alcohol motifs (C(OH)–C–C–N with tert-alkyl or cyclic N) is 1. The van der Waals surface area contributed by atoms with Crippen molar-refractivity contribution in [1.29, 1.82) is 5.41 Å². The van der Waals surface area contributed by atoms with Gasteiger partial charge in [0, 0.05) is 47.0 Å². The molecule has 0 amide bonds. The lowest BCUT2D eigenvalue weighted by Crippen LogP contribution is -2.42. The number of nitrogens with two attached hydrogens (primary N) is 1. The predicted molar refractivity (Wildman–Crippen MR) is 162 cm³/mol. The average Bonchev–Trinajstić information content (AvgIpc) is 3.37. The van der Waals surface area contributed by atoms with Crippen LogP contribution in [0.25, 0.3) is 10.9 Å². The molecule has 0 aliphatic carbocycles. The number of aromatic nitrogens is 1. The van der Waals surface area contributed by atoms with Gasteiger partial charge in [0.25, 0.3) is 10.0 Å². The van der Waals surface area contributed by atoms with Gasteiger partial charge in [0.2, 0.25) is 0 Å². The third-order valence-electron chi connectivity index (χ3n) is 6.65. The molecule has 0 fully saturated rings. The fraction of sp³-hybridized carbons (Fsp3) is 0.267. The van der Waals surface area contributed by atoms with E-state index in [0.717, 1.165) is 23.9 Å². The number of alkyl halides is 3. The number of aliphatic carboxylic acids is 1. The fourth-order valence-electron chi connectivity index (χ4n) is 4.16. The molecule has 0 saturated carbocycles. The number of carbonyl (C=O) groups is 1. The fourth-order valence-corrected chi connectivity index (χ4v) is 5.24. The van der Waals surface area contributed by atoms with Gasteiger partial charge >= 0.3 is 12.1 Å². The summed E-state index contributed by atoms with van der Waals surface area (Å²) in [5, 5.41) is 30.0. The zero-order valence-electron chi connectivity index (χ0n) is 24.0. The van der Waals surface area contributed by atoms with Gasteiger partial charge in [0.05, 0.1) is 11.0 Å². The number of aryl methyl sites for hydroxylation is 1. The van der Waals surface area contributed by atoms with Crippen molar-refractivity contribution in [3.63, 3.8) is 0 Å². The summed E-state index contributed by atoms with van der Waals surface area (Å²) in [7, 11) is -3.71. The second-order valence-electron chi connectivity index (χ2n) is 10.6. The van der Waals surface area contributed by atoms with Crippen LogP contribution in [-0.2, 0) is 21.4 Å². The first-order valence-corrected chi connectivity index (χ1v) is 14.8. The molecule has 4 rings (SSSR count). The van der Waals surface area contributed by atoms with E-state index in [4.69, 9.17) is 21.0 Å². The van der Waals surface area contributed by atoms with Crippen LogP contribution >= 0.6 is 0 Å². The number of nitrogen functional groups attached to an aromatic ring is 1. The smallest absolute Gasteiger partial charge is 0.475 e. The summed E-state index contributed by atoms with van der Waals surface area (Å²) in [6, 6.07) is 22.8. The van der Waals surface area contributed by atoms with E-state index < -0.39 is 28.3 Å². The van der Waals surface area contributed by atoms with E-state index in [9.17, 15) is 26.7 Å². The lowest BCUT2D eigenvalue weighted by Gasteiger charge is -2.28. The second kappa shape index (κ2) is 13.9. The number of nitrogens with one attached hydrogen (secondary N) is 3. The Hall–Kier alpha value is -4.40. The monoisotopic (exact) mass is 633 g/mol. The van der Waals surface area contributed by atoms with Crippen LogP contribution in [-0.4, -0.2) is 53.3 Å². The molecule has 1 aromatic heterocycles. The number of amidine groups is 1. The van der Waals surface area contributed by atoms with Crippen LogP contribution in [0.2, 0.25) is 0 Å². The number of aliphatic hydroxyl groups excluding tert-OH is 1. The van der Waals surface area contributed by atoms with Crippen molar-refractivity contribution < 1.29 is 36.6 Å². The summed E-state index contributed by atoms with van der Waals surface area (Å²) in [6.07, 6.45) is -3.05. The maximum absolute atomic E-state index is 12.6. The van der Waals surface area contributed by atoms with Crippen molar-refractivity contribution in [2.24, 2.45) is 5.73 Å². The lowest BCUT2D eigenvalue weighted by molar-refractivity contribution is -0.192. The van der Waals surface area contributed by atoms with Crippen molar-refractivity contribution in [2.45, 2.75) is 49.5 Å². The standard InChI is InChI=1S/C28H33N5O3S.C2HF3O2/c1-28(2,14-16-33-15-13-20-17-22(27(29)30)11-12-25(20)33)31-19-26(34)21-7-6-8-23(18-21)32-37(35,36)24-9-4-3-5-10-24;3-2(4,5)1(6)7/h3-13,15,17-18,26,31-32,34H,14,16,19H2,1-2H3,(H3,29,30);(H,6,7). The maximum Gasteiger partial charge on any atom is 0.490 e. The average molecular weight is 634 g/mol. The van der Waals surface area contributed by atoms with Crippen LogP contribution in [0.15, 0.2) is 90.0 Å². The number of aliphatic hydroxyl groups is 1. The Morgan fingerprint density at radius 3 is 2.30 bits per heavy atom. The number of sulfonamides is 1. The molecule has 0 aliphatic heterocycles. The highest BCUT2D eigenvalue weighted by atomic mass is 32.2. The van der Waals surface area contributed by atoms with E-state index in [0.29, 0.717) is 23.4 Å². The van der Waals surface area contributed by atoms with Crippen LogP contribution in [0.3, 0.4) is 0 Å². The number of hydrogen-bond donors (Lipinski definition) is 6. The number of halogens is 3. The SMILES string of the molecule is CC(C)(CCn1ccc2cc(C(=N)N)ccc21)NCC(O)c1cccc(NS(=O)(=O)c2ccccc2)c1.O=C(O)C(F)(F)F. The van der Waals surface area contributed by atoms with E-state index in [1.54, 1.807) is 42.5 Å². The molecule has 4 aromatic rings. The Labute approximate surface area is 252 Å². The molecule has 10 nitrogen and oxygen atoms in total. The molecular formula is C30H34F3N5O5S. The first-order chi connectivity index (χ1) is 20.5. The maximum atomic E-state index is 12.6. The Balaban J connectivity index is 0.000000676. The number of benzene rings is 3. The van der Waals surface area contributed by atoms with Crippen molar-refractivity contribution in [3.8, 4) is 0 Å². The topological polar surface area (TPSA) is 171 Å². The molecule has 0 bridgehead atoms. The third-order valence-corrected chi connectivity index (χ3v) is 8.05. The number of carboxylic acids is 1. The molecule has 0 radical (unpaired) electrons. The molecule has 0 spiro atoms. The van der Waals surface area contributed by atoms with E-state index in [-0.39, 0.29) is 16.3 Å². The third kappa shape index (κ3) is 9.56. The first-order valence-electron chi connectivity index (χ1n) is 13.3. The van der Waals surface area contributed by atoms with E-state index in [2.05, 4.69) is 28.5 Å². The Kier molecular flexibility index (Phi) is 10.8. The minimum Gasteiger partial charge on any atom is -0.475 e. The molecule has 0 aliphatic rings.